The molecular formula is C26H40N5O6S2+. The summed E-state index contributed by atoms with van der Waals surface area (Å²) in [4.78, 5) is 68.0. The smallest absolute Gasteiger partial charge is 0.329 e. The molecule has 1 aliphatic rings. The van der Waals surface area contributed by atoms with Crippen molar-refractivity contribution >= 4 is 51.9 Å². The van der Waals surface area contributed by atoms with Crippen LogP contribution in [-0.2, 0) is 30.5 Å². The van der Waals surface area contributed by atoms with Gasteiger partial charge in [0.25, 0.3) is 5.91 Å². The molecule has 216 valence electrons. The molecule has 3 amide bonds. The summed E-state index contributed by atoms with van der Waals surface area (Å²) in [6.45, 7) is 10.6. The number of rotatable bonds is 7. The first-order valence-electron chi connectivity index (χ1n) is 12.9. The molecule has 39 heavy (non-hydrogen) atoms. The number of hydrogen-bond donors (Lipinski definition) is 4. The van der Waals surface area contributed by atoms with Gasteiger partial charge in [0.05, 0.1) is 13.0 Å². The zero-order valence-electron chi connectivity index (χ0n) is 23.4. The minimum atomic E-state index is -1.34. The van der Waals surface area contributed by atoms with Crippen LogP contribution in [0.2, 0.25) is 0 Å². The molecule has 2 heterocycles. The minimum Gasteiger partial charge on any atom is -0.456 e. The Morgan fingerprint density at radius 3 is 2.59 bits per heavy atom. The van der Waals surface area contributed by atoms with Crippen molar-refractivity contribution < 1.29 is 34.4 Å². The number of esters is 1. The highest BCUT2D eigenvalue weighted by Gasteiger charge is 2.36. The maximum Gasteiger partial charge on any atom is 0.329 e. The Bertz CT molecular complexity index is 1080. The van der Waals surface area contributed by atoms with Crippen molar-refractivity contribution in [1.82, 2.24) is 20.9 Å². The molecule has 0 fully saturated rings. The van der Waals surface area contributed by atoms with Gasteiger partial charge in [-0.3, -0.25) is 19.2 Å². The number of hydrogen-bond acceptors (Lipinski definition) is 9. The first-order valence-corrected chi connectivity index (χ1v) is 14.8. The third kappa shape index (κ3) is 10.0. The molecule has 0 aliphatic carbocycles. The lowest BCUT2D eigenvalue weighted by Crippen LogP contribution is -2.66. The fourth-order valence-corrected chi connectivity index (χ4v) is 5.03. The predicted octanol–water partition coefficient (Wildman–Crippen LogP) is 1.20. The largest absolute Gasteiger partial charge is 0.456 e. The lowest BCUT2D eigenvalue weighted by atomic mass is 9.99. The van der Waals surface area contributed by atoms with Gasteiger partial charge in [-0.1, -0.05) is 45.5 Å². The number of amides is 3. The van der Waals surface area contributed by atoms with Crippen LogP contribution in [-0.4, -0.2) is 63.3 Å². The Labute approximate surface area is 237 Å². The quantitative estimate of drug-likeness (QED) is 0.211. The van der Waals surface area contributed by atoms with Crippen LogP contribution in [0.4, 0.5) is 0 Å². The standard InChI is InChI=1S/C26H39N5O6S2/c1-14(2)20(27)24(35)38-10-8-7-9-16-11-18(32)28-12-19-29-17(13-39-19)22(33)31-26(5,6)25(36)30-21(15(3)4)23(34)37-16/h7,9,13-16,20-21H,8,10-12,27H2,1-6H3,(H,28,32)(H,30,36)(H,31,33)/p+1. The van der Waals surface area contributed by atoms with Crippen LogP contribution in [0.1, 0.15) is 69.9 Å². The van der Waals surface area contributed by atoms with E-state index < -0.39 is 35.5 Å². The molecular weight excluding hydrogens is 542 g/mol. The molecule has 3 unspecified atom stereocenters. The van der Waals surface area contributed by atoms with Crippen molar-refractivity contribution in [3.63, 3.8) is 0 Å². The van der Waals surface area contributed by atoms with Crippen LogP contribution in [0.5, 0.6) is 0 Å². The van der Waals surface area contributed by atoms with Crippen molar-refractivity contribution in [2.24, 2.45) is 11.8 Å². The van der Waals surface area contributed by atoms with Gasteiger partial charge in [0.1, 0.15) is 28.4 Å². The Morgan fingerprint density at radius 2 is 1.95 bits per heavy atom. The first kappa shape index (κ1) is 32.4. The Morgan fingerprint density at radius 1 is 1.26 bits per heavy atom. The van der Waals surface area contributed by atoms with Crippen molar-refractivity contribution in [2.75, 3.05) is 5.75 Å². The van der Waals surface area contributed by atoms with Gasteiger partial charge in [-0.25, -0.2) is 9.78 Å². The molecule has 0 saturated carbocycles. The molecule has 0 aromatic carbocycles. The highest BCUT2D eigenvalue weighted by atomic mass is 32.2. The first-order chi connectivity index (χ1) is 18.2. The van der Waals surface area contributed by atoms with E-state index in [2.05, 4.69) is 26.7 Å². The lowest BCUT2D eigenvalue weighted by Gasteiger charge is -2.29. The summed E-state index contributed by atoms with van der Waals surface area (Å²) < 4.78 is 5.67. The molecule has 13 heteroatoms. The van der Waals surface area contributed by atoms with E-state index in [0.29, 0.717) is 17.2 Å². The molecule has 1 aromatic rings. The molecule has 1 aromatic heterocycles. The second-order valence-corrected chi connectivity index (χ2v) is 12.6. The summed E-state index contributed by atoms with van der Waals surface area (Å²) in [7, 11) is 0. The van der Waals surface area contributed by atoms with Crippen LogP contribution < -0.4 is 21.7 Å². The van der Waals surface area contributed by atoms with Crippen molar-refractivity contribution in [1.29, 1.82) is 0 Å². The van der Waals surface area contributed by atoms with E-state index in [1.807, 2.05) is 13.8 Å². The van der Waals surface area contributed by atoms with Gasteiger partial charge in [-0.2, -0.15) is 0 Å². The number of quaternary nitrogens is 1. The maximum absolute atomic E-state index is 13.1. The molecule has 6 N–H and O–H groups in total. The van der Waals surface area contributed by atoms with E-state index in [1.165, 1.54) is 36.9 Å². The number of carbonyl (C=O) groups is 5. The van der Waals surface area contributed by atoms with Gasteiger partial charge in [0, 0.05) is 17.1 Å². The van der Waals surface area contributed by atoms with Gasteiger partial charge in [0.2, 0.25) is 16.9 Å². The van der Waals surface area contributed by atoms with Gasteiger partial charge >= 0.3 is 5.97 Å². The third-order valence-electron chi connectivity index (χ3n) is 6.06. The fraction of sp³-hybridized carbons (Fsp3) is 0.615. The summed E-state index contributed by atoms with van der Waals surface area (Å²) >= 11 is 2.41. The zero-order valence-corrected chi connectivity index (χ0v) is 25.0. The van der Waals surface area contributed by atoms with Gasteiger partial charge in [-0.15, -0.1) is 11.3 Å². The highest BCUT2D eigenvalue weighted by Crippen LogP contribution is 2.16. The molecule has 0 spiro atoms. The molecule has 0 saturated heterocycles. The molecule has 2 bridgehead atoms. The summed E-state index contributed by atoms with van der Waals surface area (Å²) in [6.07, 6.45) is 2.88. The monoisotopic (exact) mass is 582 g/mol. The average Bonchev–Trinajstić information content (AvgIpc) is 3.33. The van der Waals surface area contributed by atoms with E-state index in [-0.39, 0.29) is 47.6 Å². The summed E-state index contributed by atoms with van der Waals surface area (Å²) in [5.74, 6) is -1.82. The van der Waals surface area contributed by atoms with E-state index in [4.69, 9.17) is 4.74 Å². The van der Waals surface area contributed by atoms with E-state index >= 15 is 0 Å². The van der Waals surface area contributed by atoms with E-state index in [1.54, 1.807) is 31.4 Å². The summed E-state index contributed by atoms with van der Waals surface area (Å²) in [5, 5.41) is 10.2. The molecule has 3 atom stereocenters. The topological polar surface area (TPSA) is 171 Å². The van der Waals surface area contributed by atoms with E-state index in [9.17, 15) is 24.0 Å². The lowest BCUT2D eigenvalue weighted by molar-refractivity contribution is -0.411. The van der Waals surface area contributed by atoms with Gasteiger partial charge in [0.15, 0.2) is 6.04 Å². The molecule has 11 nitrogen and oxygen atoms in total. The minimum absolute atomic E-state index is 0.0221. The van der Waals surface area contributed by atoms with Crippen molar-refractivity contribution in [3.05, 3.63) is 28.2 Å². The average molecular weight is 583 g/mol. The molecule has 2 rings (SSSR count). The second kappa shape index (κ2) is 14.6. The number of carbonyl (C=O) groups excluding carboxylic acids is 5. The fourth-order valence-electron chi connectivity index (χ4n) is 3.38. The number of thiazole rings is 1. The van der Waals surface area contributed by atoms with E-state index in [0.717, 1.165) is 0 Å². The van der Waals surface area contributed by atoms with Crippen LogP contribution >= 0.6 is 23.1 Å². The Balaban J connectivity index is 2.22. The SMILES string of the molecule is CC(C)C([NH3+])C(=O)SCCC=CC1CC(=O)NCc2nc(cs2)C(=O)NC(C)(C)C(=O)NC(C(C)C)C(=O)O1. The molecule has 1 aliphatic heterocycles. The Kier molecular flexibility index (Phi) is 12.1. The number of nitrogens with zero attached hydrogens (tertiary/aromatic N) is 1. The van der Waals surface area contributed by atoms with Crippen LogP contribution in [0, 0.1) is 11.8 Å². The normalized spacial score (nSPS) is 21.9. The number of ether oxygens (including phenoxy) is 1. The summed E-state index contributed by atoms with van der Waals surface area (Å²) in [5.41, 5.74) is 2.70. The highest BCUT2D eigenvalue weighted by molar-refractivity contribution is 8.13. The summed E-state index contributed by atoms with van der Waals surface area (Å²) in [6, 6.07) is -1.29. The van der Waals surface area contributed by atoms with Crippen LogP contribution in [0.15, 0.2) is 17.5 Å². The number of cyclic esters (lactones) is 1. The zero-order chi connectivity index (χ0) is 29.3. The molecule has 0 radical (unpaired) electrons. The van der Waals surface area contributed by atoms with Gasteiger partial charge in [-0.05, 0) is 32.3 Å². The van der Waals surface area contributed by atoms with Crippen molar-refractivity contribution in [3.8, 4) is 0 Å². The Hall–Kier alpha value is -2.77. The third-order valence-corrected chi connectivity index (χ3v) is 7.94. The second-order valence-electron chi connectivity index (χ2n) is 10.6. The van der Waals surface area contributed by atoms with Crippen molar-refractivity contribution in [2.45, 2.75) is 84.7 Å². The number of allylic oxidation sites excluding steroid dienone is 1. The van der Waals surface area contributed by atoms with Crippen LogP contribution in [0.3, 0.4) is 0 Å². The van der Waals surface area contributed by atoms with Gasteiger partial charge < -0.3 is 26.4 Å². The number of fused-ring (bicyclic) bond motifs is 2. The number of aromatic nitrogens is 1. The maximum atomic E-state index is 13.1. The van der Waals surface area contributed by atoms with Crippen LogP contribution in [0.25, 0.3) is 0 Å². The number of nitrogens with one attached hydrogen (secondary N) is 3. The number of thioether (sulfide) groups is 1. The predicted molar refractivity (Wildman–Crippen MR) is 150 cm³/mol.